The molecule has 1 aromatic heterocycles. The second-order valence-corrected chi connectivity index (χ2v) is 8.47. The number of nitrogens with one attached hydrogen (secondary N) is 2. The summed E-state index contributed by atoms with van der Waals surface area (Å²) in [7, 11) is 1.62. The number of rotatable bonds is 6. The van der Waals surface area contributed by atoms with Crippen molar-refractivity contribution in [3.63, 3.8) is 0 Å². The van der Waals surface area contributed by atoms with Gasteiger partial charge in [-0.2, -0.15) is 0 Å². The largest absolute Gasteiger partial charge is 0.355 e. The third-order valence-corrected chi connectivity index (χ3v) is 6.19. The molecule has 1 fully saturated rings. The minimum atomic E-state index is -0.148. The Morgan fingerprint density at radius 1 is 1.12 bits per heavy atom. The van der Waals surface area contributed by atoms with Gasteiger partial charge < -0.3 is 15.2 Å². The predicted molar refractivity (Wildman–Crippen MR) is 125 cm³/mol. The van der Waals surface area contributed by atoms with Gasteiger partial charge in [0.1, 0.15) is 5.82 Å². The number of carbonyl (C=O) groups excluding carboxylic acids is 2. The summed E-state index contributed by atoms with van der Waals surface area (Å²) in [5.41, 5.74) is 3.74. The Morgan fingerprint density at radius 2 is 1.88 bits per heavy atom. The quantitative estimate of drug-likeness (QED) is 0.610. The van der Waals surface area contributed by atoms with Gasteiger partial charge in [0.15, 0.2) is 0 Å². The molecule has 0 saturated carbocycles. The minimum absolute atomic E-state index is 0.0215. The van der Waals surface area contributed by atoms with Gasteiger partial charge in [0.25, 0.3) is 5.91 Å². The summed E-state index contributed by atoms with van der Waals surface area (Å²) >= 11 is 0. The lowest BCUT2D eigenvalue weighted by molar-refractivity contribution is -0.139. The number of H-pyrrole nitrogens is 1. The van der Waals surface area contributed by atoms with Crippen molar-refractivity contribution in [2.24, 2.45) is 5.92 Å². The molecule has 2 amide bonds. The van der Waals surface area contributed by atoms with Gasteiger partial charge in [-0.1, -0.05) is 49.4 Å². The summed E-state index contributed by atoms with van der Waals surface area (Å²) < 4.78 is 0. The highest BCUT2D eigenvalue weighted by molar-refractivity contribution is 5.94. The zero-order valence-corrected chi connectivity index (χ0v) is 18.7. The summed E-state index contributed by atoms with van der Waals surface area (Å²) in [4.78, 5) is 35.2. The highest BCUT2D eigenvalue weighted by atomic mass is 16.2. The van der Waals surface area contributed by atoms with E-state index in [0.29, 0.717) is 12.0 Å². The van der Waals surface area contributed by atoms with Gasteiger partial charge in [-0.25, -0.2) is 4.98 Å². The zero-order chi connectivity index (χ0) is 22.5. The summed E-state index contributed by atoms with van der Waals surface area (Å²) in [6.45, 7) is 2.74. The van der Waals surface area contributed by atoms with E-state index in [-0.39, 0.29) is 23.8 Å². The van der Waals surface area contributed by atoms with E-state index in [9.17, 15) is 9.59 Å². The molecular formula is C26H30N4O2. The van der Waals surface area contributed by atoms with Gasteiger partial charge >= 0.3 is 0 Å². The van der Waals surface area contributed by atoms with Crippen LogP contribution in [0.2, 0.25) is 0 Å². The van der Waals surface area contributed by atoms with Crippen LogP contribution < -0.4 is 5.32 Å². The number of hydrogen-bond acceptors (Lipinski definition) is 3. The van der Waals surface area contributed by atoms with E-state index in [0.717, 1.165) is 48.5 Å². The third-order valence-electron chi connectivity index (χ3n) is 6.19. The first kappa shape index (κ1) is 21.8. The number of carbonyl (C=O) groups is 2. The van der Waals surface area contributed by atoms with Gasteiger partial charge in [-0.15, -0.1) is 0 Å². The lowest BCUT2D eigenvalue weighted by Gasteiger charge is -2.36. The van der Waals surface area contributed by atoms with E-state index >= 15 is 0 Å². The number of nitrogens with zero attached hydrogens (tertiary/aromatic N) is 2. The Kier molecular flexibility index (Phi) is 6.69. The van der Waals surface area contributed by atoms with Crippen molar-refractivity contribution >= 4 is 11.8 Å². The smallest absolute Gasteiger partial charge is 0.251 e. The molecule has 1 aliphatic heterocycles. The molecule has 0 aliphatic carbocycles. The maximum Gasteiger partial charge on any atom is 0.251 e. The van der Waals surface area contributed by atoms with Crippen LogP contribution in [0.15, 0.2) is 60.8 Å². The van der Waals surface area contributed by atoms with Crippen LogP contribution in [-0.4, -0.2) is 40.3 Å². The van der Waals surface area contributed by atoms with E-state index in [1.807, 2.05) is 60.5 Å². The number of hydrogen-bond donors (Lipinski definition) is 2. The molecule has 2 heterocycles. The summed E-state index contributed by atoms with van der Waals surface area (Å²) in [6.07, 6.45) is 5.52. The van der Waals surface area contributed by atoms with Crippen molar-refractivity contribution < 1.29 is 9.59 Å². The topological polar surface area (TPSA) is 78.1 Å². The van der Waals surface area contributed by atoms with E-state index in [4.69, 9.17) is 0 Å². The van der Waals surface area contributed by atoms with Gasteiger partial charge in [-0.05, 0) is 48.9 Å². The summed E-state index contributed by atoms with van der Waals surface area (Å²) in [5, 5.41) is 2.63. The molecule has 0 unspecified atom stereocenters. The first-order valence-electron chi connectivity index (χ1n) is 11.3. The van der Waals surface area contributed by atoms with E-state index in [2.05, 4.69) is 27.4 Å². The average Bonchev–Trinajstić information content (AvgIpc) is 3.34. The standard InChI is InChI=1S/C26H30N4O2/c1-18(16-19-11-13-21(14-12-19)25(31)27-2)26(32)30-15-7-6-10-23(30)24-28-17-22(29-24)20-8-4-3-5-9-20/h3-5,8-9,11-14,17-18,23H,6-7,10,15-16H2,1-2H3,(H,27,31)(H,28,29)/t18-,23-/m0/s1. The Labute approximate surface area is 189 Å². The minimum Gasteiger partial charge on any atom is -0.355 e. The van der Waals surface area contributed by atoms with Crippen LogP contribution in [0.1, 0.15) is 54.0 Å². The monoisotopic (exact) mass is 430 g/mol. The number of likely N-dealkylation sites (tertiary alicyclic amines) is 1. The van der Waals surface area contributed by atoms with Gasteiger partial charge in [-0.3, -0.25) is 9.59 Å². The first-order valence-corrected chi connectivity index (χ1v) is 11.3. The summed E-state index contributed by atoms with van der Waals surface area (Å²) in [6, 6.07) is 17.6. The van der Waals surface area contributed by atoms with Gasteiger partial charge in [0, 0.05) is 25.1 Å². The van der Waals surface area contributed by atoms with Crippen molar-refractivity contribution in [2.45, 2.75) is 38.6 Å². The Bertz CT molecular complexity index is 1060. The third kappa shape index (κ3) is 4.74. The van der Waals surface area contributed by atoms with Crippen LogP contribution in [0.4, 0.5) is 0 Å². The zero-order valence-electron chi connectivity index (χ0n) is 18.7. The van der Waals surface area contributed by atoms with Crippen molar-refractivity contribution in [3.8, 4) is 11.3 Å². The Balaban J connectivity index is 1.47. The van der Waals surface area contributed by atoms with Crippen molar-refractivity contribution in [2.75, 3.05) is 13.6 Å². The maximum atomic E-state index is 13.4. The second kappa shape index (κ2) is 9.81. The molecule has 32 heavy (non-hydrogen) atoms. The van der Waals surface area contributed by atoms with Crippen LogP contribution >= 0.6 is 0 Å². The lowest BCUT2D eigenvalue weighted by atomic mass is 9.95. The molecule has 2 aromatic carbocycles. The van der Waals surface area contributed by atoms with Crippen molar-refractivity contribution in [1.82, 2.24) is 20.2 Å². The number of amides is 2. The van der Waals surface area contributed by atoms with Crippen molar-refractivity contribution in [1.29, 1.82) is 0 Å². The molecule has 6 heteroatoms. The van der Waals surface area contributed by atoms with E-state index < -0.39 is 0 Å². The van der Waals surface area contributed by atoms with Crippen LogP contribution in [0.3, 0.4) is 0 Å². The van der Waals surface area contributed by atoms with Crippen LogP contribution in [0, 0.1) is 5.92 Å². The Hall–Kier alpha value is -3.41. The van der Waals surface area contributed by atoms with E-state index in [1.54, 1.807) is 7.05 Å². The number of aromatic nitrogens is 2. The number of piperidine rings is 1. The Morgan fingerprint density at radius 3 is 2.59 bits per heavy atom. The molecule has 0 bridgehead atoms. The first-order chi connectivity index (χ1) is 15.6. The molecule has 1 aliphatic rings. The van der Waals surface area contributed by atoms with Gasteiger partial charge in [0.05, 0.1) is 17.9 Å². The van der Waals surface area contributed by atoms with Crippen LogP contribution in [0.25, 0.3) is 11.3 Å². The van der Waals surface area contributed by atoms with Crippen molar-refractivity contribution in [3.05, 3.63) is 77.7 Å². The highest BCUT2D eigenvalue weighted by Crippen LogP contribution is 2.32. The molecule has 1 saturated heterocycles. The van der Waals surface area contributed by atoms with Crippen LogP contribution in [0.5, 0.6) is 0 Å². The van der Waals surface area contributed by atoms with Gasteiger partial charge in [0.2, 0.25) is 5.91 Å². The average molecular weight is 431 g/mol. The number of imidazole rings is 1. The lowest BCUT2D eigenvalue weighted by Crippen LogP contribution is -2.42. The number of aromatic amines is 1. The molecule has 2 atom stereocenters. The predicted octanol–water partition coefficient (Wildman–Crippen LogP) is 4.37. The maximum absolute atomic E-state index is 13.4. The molecular weight excluding hydrogens is 400 g/mol. The normalized spacial score (nSPS) is 17.1. The molecule has 0 radical (unpaired) electrons. The molecule has 2 N–H and O–H groups in total. The molecule has 4 rings (SSSR count). The number of benzene rings is 2. The second-order valence-electron chi connectivity index (χ2n) is 8.47. The molecule has 6 nitrogen and oxygen atoms in total. The fraction of sp³-hybridized carbons (Fsp3) is 0.346. The van der Waals surface area contributed by atoms with E-state index in [1.165, 1.54) is 0 Å². The SMILES string of the molecule is CNC(=O)c1ccc(C[C@H](C)C(=O)N2CCCC[C@H]2c2ncc(-c3ccccc3)[nH]2)cc1. The molecule has 3 aromatic rings. The molecule has 0 spiro atoms. The highest BCUT2D eigenvalue weighted by Gasteiger charge is 2.32. The fourth-order valence-corrected chi connectivity index (χ4v) is 4.41. The molecule has 166 valence electrons. The van der Waals surface area contributed by atoms with Crippen LogP contribution in [-0.2, 0) is 11.2 Å². The summed E-state index contributed by atoms with van der Waals surface area (Å²) in [5.74, 6) is 0.761. The fourth-order valence-electron chi connectivity index (χ4n) is 4.41.